The van der Waals surface area contributed by atoms with Crippen molar-refractivity contribution in [1.29, 1.82) is 0 Å². The molecule has 12 nitrogen and oxygen atoms in total. The number of carboxylic acid groups (broad SMARTS) is 1. The van der Waals surface area contributed by atoms with E-state index in [0.29, 0.717) is 12.1 Å². The Morgan fingerprint density at radius 1 is 1.21 bits per heavy atom. The van der Waals surface area contributed by atoms with Crippen LogP contribution in [0.1, 0.15) is 26.0 Å². The molecule has 8 N–H and O–H groups in total. The average Bonchev–Trinajstić information content (AvgIpc) is 3.21. The van der Waals surface area contributed by atoms with Crippen molar-refractivity contribution in [2.75, 3.05) is 13.2 Å². The van der Waals surface area contributed by atoms with E-state index in [4.69, 9.17) is 5.73 Å². The van der Waals surface area contributed by atoms with Crippen molar-refractivity contribution < 1.29 is 29.4 Å². The Bertz CT molecular complexity index is 695. The summed E-state index contributed by atoms with van der Waals surface area (Å²) in [5, 5.41) is 25.5. The number of aromatic amines is 1. The quantitative estimate of drug-likeness (QED) is 0.195. The Morgan fingerprint density at radius 3 is 2.41 bits per heavy atom. The van der Waals surface area contributed by atoms with Gasteiger partial charge in [-0.25, -0.2) is 9.78 Å². The molecule has 0 aliphatic rings. The molecule has 0 bridgehead atoms. The second kappa shape index (κ2) is 11.8. The van der Waals surface area contributed by atoms with Gasteiger partial charge in [-0.1, -0.05) is 20.3 Å². The number of carbonyl (C=O) groups is 4. The van der Waals surface area contributed by atoms with Gasteiger partial charge in [0.25, 0.3) is 0 Å². The van der Waals surface area contributed by atoms with Crippen molar-refractivity contribution in [3.05, 3.63) is 18.2 Å². The summed E-state index contributed by atoms with van der Waals surface area (Å²) in [6, 6.07) is -3.45. The lowest BCUT2D eigenvalue weighted by Crippen LogP contribution is -2.55. The Morgan fingerprint density at radius 2 is 1.90 bits per heavy atom. The molecule has 29 heavy (non-hydrogen) atoms. The molecule has 0 saturated heterocycles. The number of aliphatic hydroxyl groups is 1. The number of aliphatic hydroxyl groups excluding tert-OH is 1. The standard InChI is InChI=1S/C17H28N6O6/c1-3-9(2)14(18)16(27)20-6-13(25)22-12(7-24)15(26)23-11(17(28)29)4-10-5-19-8-21-10/h5,8-9,11-12,14,24H,3-4,6-7,18H2,1-2H3,(H,19,21)(H,20,27)(H,22,25)(H,23,26)(H,28,29). The summed E-state index contributed by atoms with van der Waals surface area (Å²) in [6.45, 7) is 2.49. The van der Waals surface area contributed by atoms with Crippen LogP contribution in [0.3, 0.4) is 0 Å². The molecular weight excluding hydrogens is 384 g/mol. The van der Waals surface area contributed by atoms with Gasteiger partial charge in [0, 0.05) is 18.3 Å². The molecule has 0 radical (unpaired) electrons. The van der Waals surface area contributed by atoms with Crippen molar-refractivity contribution in [2.24, 2.45) is 11.7 Å². The molecule has 0 fully saturated rings. The molecule has 1 aromatic heterocycles. The van der Waals surface area contributed by atoms with Gasteiger partial charge in [0.2, 0.25) is 17.7 Å². The lowest BCUT2D eigenvalue weighted by Gasteiger charge is -2.20. The van der Waals surface area contributed by atoms with Gasteiger partial charge in [-0.15, -0.1) is 0 Å². The maximum Gasteiger partial charge on any atom is 0.326 e. The molecule has 0 aromatic carbocycles. The van der Waals surface area contributed by atoms with E-state index >= 15 is 0 Å². The van der Waals surface area contributed by atoms with Crippen molar-refractivity contribution in [3.8, 4) is 0 Å². The first-order chi connectivity index (χ1) is 13.7. The summed E-state index contributed by atoms with van der Waals surface area (Å²) in [7, 11) is 0. The number of aliphatic carboxylic acids is 1. The summed E-state index contributed by atoms with van der Waals surface area (Å²) in [6.07, 6.45) is 3.42. The third-order valence-electron chi connectivity index (χ3n) is 4.41. The van der Waals surface area contributed by atoms with Gasteiger partial charge in [0.15, 0.2) is 0 Å². The van der Waals surface area contributed by atoms with Gasteiger partial charge >= 0.3 is 5.97 Å². The topological polar surface area (TPSA) is 200 Å². The van der Waals surface area contributed by atoms with Gasteiger partial charge < -0.3 is 36.9 Å². The SMILES string of the molecule is CCC(C)C(N)C(=O)NCC(=O)NC(CO)C(=O)NC(Cc1cnc[nH]1)C(=O)O. The number of nitrogens with two attached hydrogens (primary N) is 1. The van der Waals surface area contributed by atoms with Crippen LogP contribution in [0.15, 0.2) is 12.5 Å². The first-order valence-corrected chi connectivity index (χ1v) is 9.13. The number of carboxylic acids is 1. The van der Waals surface area contributed by atoms with Crippen molar-refractivity contribution in [2.45, 2.75) is 44.8 Å². The Kier molecular flexibility index (Phi) is 9.75. The number of nitrogens with zero attached hydrogens (tertiary/aromatic N) is 1. The summed E-state index contributed by atoms with van der Waals surface area (Å²) in [4.78, 5) is 54.0. The van der Waals surface area contributed by atoms with E-state index in [1.165, 1.54) is 12.5 Å². The third-order valence-corrected chi connectivity index (χ3v) is 4.41. The minimum Gasteiger partial charge on any atom is -0.480 e. The van der Waals surface area contributed by atoms with E-state index in [0.717, 1.165) is 0 Å². The zero-order chi connectivity index (χ0) is 22.0. The third kappa shape index (κ3) is 7.87. The minimum atomic E-state index is -1.38. The molecule has 4 unspecified atom stereocenters. The fourth-order valence-corrected chi connectivity index (χ4v) is 2.33. The average molecular weight is 412 g/mol. The normalized spacial score (nSPS) is 14.9. The summed E-state index contributed by atoms with van der Waals surface area (Å²) < 4.78 is 0. The molecule has 1 aromatic rings. The monoisotopic (exact) mass is 412 g/mol. The number of rotatable bonds is 12. The number of imidazole rings is 1. The van der Waals surface area contributed by atoms with E-state index in [2.05, 4.69) is 25.9 Å². The number of H-pyrrole nitrogens is 1. The summed E-state index contributed by atoms with van der Waals surface area (Å²) >= 11 is 0. The molecule has 12 heteroatoms. The van der Waals surface area contributed by atoms with Gasteiger partial charge in [0.05, 0.1) is 25.5 Å². The molecule has 1 heterocycles. The van der Waals surface area contributed by atoms with E-state index in [1.807, 2.05) is 6.92 Å². The lowest BCUT2D eigenvalue weighted by atomic mass is 9.99. The molecule has 1 rings (SSSR count). The Hall–Kier alpha value is -2.99. The molecule has 0 aliphatic heterocycles. The Labute approximate surface area is 167 Å². The summed E-state index contributed by atoms with van der Waals surface area (Å²) in [5.74, 6) is -3.48. The Balaban J connectivity index is 2.57. The maximum atomic E-state index is 12.2. The number of amides is 3. The van der Waals surface area contributed by atoms with Crippen LogP contribution in [0.5, 0.6) is 0 Å². The van der Waals surface area contributed by atoms with Crippen LogP contribution >= 0.6 is 0 Å². The zero-order valence-electron chi connectivity index (χ0n) is 16.3. The number of hydrogen-bond acceptors (Lipinski definition) is 7. The predicted molar refractivity (Wildman–Crippen MR) is 101 cm³/mol. The smallest absolute Gasteiger partial charge is 0.326 e. The number of nitrogens with one attached hydrogen (secondary N) is 4. The molecule has 0 saturated carbocycles. The van der Waals surface area contributed by atoms with E-state index in [1.54, 1.807) is 6.92 Å². The highest BCUT2D eigenvalue weighted by Gasteiger charge is 2.27. The lowest BCUT2D eigenvalue weighted by molar-refractivity contribution is -0.142. The van der Waals surface area contributed by atoms with Gasteiger partial charge in [0.1, 0.15) is 12.1 Å². The molecule has 0 spiro atoms. The first kappa shape index (κ1) is 24.0. The van der Waals surface area contributed by atoms with E-state index < -0.39 is 55.0 Å². The molecule has 3 amide bonds. The van der Waals surface area contributed by atoms with Crippen LogP contribution in [0.4, 0.5) is 0 Å². The van der Waals surface area contributed by atoms with E-state index in [9.17, 15) is 29.4 Å². The minimum absolute atomic E-state index is 0.0588. The second-order valence-corrected chi connectivity index (χ2v) is 6.61. The zero-order valence-corrected chi connectivity index (χ0v) is 16.3. The fraction of sp³-hybridized carbons (Fsp3) is 0.588. The molecule has 0 aliphatic carbocycles. The largest absolute Gasteiger partial charge is 0.480 e. The molecular formula is C17H28N6O6. The summed E-state index contributed by atoms with van der Waals surface area (Å²) in [5.41, 5.74) is 6.25. The highest BCUT2D eigenvalue weighted by molar-refractivity contribution is 5.92. The van der Waals surface area contributed by atoms with Gasteiger partial charge in [-0.2, -0.15) is 0 Å². The van der Waals surface area contributed by atoms with Crippen LogP contribution in [0.25, 0.3) is 0 Å². The highest BCUT2D eigenvalue weighted by atomic mass is 16.4. The molecule has 4 atom stereocenters. The van der Waals surface area contributed by atoms with E-state index in [-0.39, 0.29) is 12.3 Å². The van der Waals surface area contributed by atoms with Crippen LogP contribution < -0.4 is 21.7 Å². The maximum absolute atomic E-state index is 12.2. The molecule has 162 valence electrons. The number of carbonyl (C=O) groups excluding carboxylic acids is 3. The van der Waals surface area contributed by atoms with Crippen LogP contribution in [-0.2, 0) is 25.6 Å². The van der Waals surface area contributed by atoms with Gasteiger partial charge in [-0.05, 0) is 5.92 Å². The highest BCUT2D eigenvalue weighted by Crippen LogP contribution is 2.04. The first-order valence-electron chi connectivity index (χ1n) is 9.13. The number of aromatic nitrogens is 2. The van der Waals surface area contributed by atoms with Gasteiger partial charge in [-0.3, -0.25) is 14.4 Å². The number of hydrogen-bond donors (Lipinski definition) is 7. The fourth-order valence-electron chi connectivity index (χ4n) is 2.33. The second-order valence-electron chi connectivity index (χ2n) is 6.61. The van der Waals surface area contributed by atoms with Crippen molar-refractivity contribution >= 4 is 23.7 Å². The predicted octanol–water partition coefficient (Wildman–Crippen LogP) is -2.51. The van der Waals surface area contributed by atoms with Crippen molar-refractivity contribution in [3.63, 3.8) is 0 Å². The van der Waals surface area contributed by atoms with Crippen molar-refractivity contribution in [1.82, 2.24) is 25.9 Å². The van der Waals surface area contributed by atoms with Crippen LogP contribution in [0.2, 0.25) is 0 Å². The van der Waals surface area contributed by atoms with Crippen LogP contribution in [0, 0.1) is 5.92 Å². The van der Waals surface area contributed by atoms with Crippen LogP contribution in [-0.4, -0.2) is 75.1 Å².